The lowest BCUT2D eigenvalue weighted by Gasteiger charge is -2.15. The van der Waals surface area contributed by atoms with Gasteiger partial charge in [-0.15, -0.1) is 0 Å². The Kier molecular flexibility index (Phi) is 5.33. The fraction of sp³-hybridized carbons (Fsp3) is 0.190. The third kappa shape index (κ3) is 3.69. The summed E-state index contributed by atoms with van der Waals surface area (Å²) in [6, 6.07) is 12.4. The number of aryl methyl sites for hydroxylation is 1. The van der Waals surface area contributed by atoms with E-state index in [1.165, 1.54) is 0 Å². The molecule has 3 aromatic rings. The van der Waals surface area contributed by atoms with Crippen LogP contribution in [0.5, 0.6) is 11.5 Å². The number of halogens is 1. The fourth-order valence-electron chi connectivity index (χ4n) is 3.01. The molecule has 9 heteroatoms. The largest absolute Gasteiger partial charge is 0.454 e. The summed E-state index contributed by atoms with van der Waals surface area (Å²) < 4.78 is 16.0. The molecule has 1 aliphatic rings. The van der Waals surface area contributed by atoms with E-state index in [0.717, 1.165) is 0 Å². The van der Waals surface area contributed by atoms with E-state index in [1.54, 1.807) is 68.4 Å². The van der Waals surface area contributed by atoms with Crippen LogP contribution in [0.4, 0.5) is 0 Å². The summed E-state index contributed by atoms with van der Waals surface area (Å²) in [7, 11) is 3.58. The lowest BCUT2D eigenvalue weighted by molar-refractivity contribution is 0.0510. The van der Waals surface area contributed by atoms with Gasteiger partial charge >= 0.3 is 5.97 Å². The van der Waals surface area contributed by atoms with Crippen molar-refractivity contribution in [1.82, 2.24) is 10.1 Å². The van der Waals surface area contributed by atoms with Gasteiger partial charge in [0.05, 0.1) is 5.02 Å². The van der Waals surface area contributed by atoms with E-state index in [-0.39, 0.29) is 12.4 Å². The Morgan fingerprint density at radius 3 is 2.70 bits per heavy atom. The standard InChI is InChI=1S/C21H18ClN3O5/c1-12-18(19(23-29-12)14-6-4-5-7-15(14)22)21(26)30-24-20(25(2)3)13-8-9-16-17(10-13)28-11-27-16/h4-10H,11H2,1-3H3/b24-20-. The first-order valence-electron chi connectivity index (χ1n) is 9.03. The van der Waals surface area contributed by atoms with Gasteiger partial charge in [0.2, 0.25) is 6.79 Å². The molecule has 0 radical (unpaired) electrons. The number of benzene rings is 2. The molecule has 0 spiro atoms. The van der Waals surface area contributed by atoms with E-state index in [2.05, 4.69) is 10.3 Å². The van der Waals surface area contributed by atoms with Crippen LogP contribution in [0.1, 0.15) is 21.7 Å². The van der Waals surface area contributed by atoms with Crippen LogP contribution in [0.2, 0.25) is 5.02 Å². The molecule has 154 valence electrons. The van der Waals surface area contributed by atoms with Crippen LogP contribution in [0.25, 0.3) is 11.3 Å². The first-order valence-corrected chi connectivity index (χ1v) is 9.41. The molecule has 2 aromatic carbocycles. The number of aromatic nitrogens is 1. The van der Waals surface area contributed by atoms with Crippen molar-refractivity contribution in [2.45, 2.75) is 6.92 Å². The van der Waals surface area contributed by atoms with Crippen LogP contribution < -0.4 is 9.47 Å². The molecule has 0 N–H and O–H groups in total. The molecule has 2 heterocycles. The Labute approximate surface area is 177 Å². The molecule has 0 atom stereocenters. The molecule has 1 aromatic heterocycles. The third-order valence-corrected chi connectivity index (χ3v) is 4.79. The van der Waals surface area contributed by atoms with E-state index < -0.39 is 5.97 Å². The molecule has 0 bridgehead atoms. The summed E-state index contributed by atoms with van der Waals surface area (Å²) in [5.74, 6) is 1.28. The molecule has 0 amide bonds. The van der Waals surface area contributed by atoms with Gasteiger partial charge in [0, 0.05) is 25.2 Å². The van der Waals surface area contributed by atoms with E-state index in [1.807, 2.05) is 0 Å². The van der Waals surface area contributed by atoms with E-state index in [9.17, 15) is 4.79 Å². The molecule has 8 nitrogen and oxygen atoms in total. The summed E-state index contributed by atoms with van der Waals surface area (Å²) in [5.41, 5.74) is 1.73. The second-order valence-electron chi connectivity index (χ2n) is 6.70. The smallest absolute Gasteiger partial charge is 0.371 e. The highest BCUT2D eigenvalue weighted by Crippen LogP contribution is 2.33. The maximum atomic E-state index is 12.8. The van der Waals surface area contributed by atoms with Crippen LogP contribution >= 0.6 is 11.6 Å². The van der Waals surface area contributed by atoms with Crippen molar-refractivity contribution in [2.24, 2.45) is 5.16 Å². The van der Waals surface area contributed by atoms with Gasteiger partial charge in [-0.05, 0) is 31.2 Å². The molecule has 4 rings (SSSR count). The van der Waals surface area contributed by atoms with E-state index in [0.29, 0.717) is 44.9 Å². The number of hydrogen-bond acceptors (Lipinski definition) is 7. The monoisotopic (exact) mass is 427 g/mol. The summed E-state index contributed by atoms with van der Waals surface area (Å²) in [6.07, 6.45) is 0. The zero-order valence-electron chi connectivity index (χ0n) is 16.5. The quantitative estimate of drug-likeness (QED) is 0.268. The Morgan fingerprint density at radius 1 is 1.17 bits per heavy atom. The van der Waals surface area contributed by atoms with Gasteiger partial charge in [-0.3, -0.25) is 0 Å². The predicted octanol–water partition coefficient (Wildman–Crippen LogP) is 4.11. The average Bonchev–Trinajstić information content (AvgIpc) is 3.34. The molecule has 0 saturated heterocycles. The number of oxime groups is 1. The maximum absolute atomic E-state index is 12.8. The van der Waals surface area contributed by atoms with Crippen molar-refractivity contribution < 1.29 is 23.6 Å². The summed E-state index contributed by atoms with van der Waals surface area (Å²) in [5, 5.41) is 8.49. The third-order valence-electron chi connectivity index (χ3n) is 4.47. The second-order valence-corrected chi connectivity index (χ2v) is 7.11. The molecule has 0 aliphatic carbocycles. The Morgan fingerprint density at radius 2 is 1.93 bits per heavy atom. The van der Waals surface area contributed by atoms with E-state index >= 15 is 0 Å². The van der Waals surface area contributed by atoms with Crippen LogP contribution in [0.15, 0.2) is 52.1 Å². The highest BCUT2D eigenvalue weighted by molar-refractivity contribution is 6.33. The molecular formula is C21H18ClN3O5. The van der Waals surface area contributed by atoms with Crippen LogP contribution in [0.3, 0.4) is 0 Å². The highest BCUT2D eigenvalue weighted by Gasteiger charge is 2.25. The van der Waals surface area contributed by atoms with Crippen LogP contribution in [-0.4, -0.2) is 42.7 Å². The SMILES string of the molecule is Cc1onc(-c2ccccc2Cl)c1C(=O)O/N=C(/c1ccc2c(c1)OCO2)N(C)C. The molecule has 30 heavy (non-hydrogen) atoms. The normalized spacial score (nSPS) is 12.7. The van der Waals surface area contributed by atoms with Gasteiger partial charge < -0.3 is 23.7 Å². The Hall–Kier alpha value is -3.52. The molecule has 0 unspecified atom stereocenters. The van der Waals surface area contributed by atoms with Gasteiger partial charge in [-0.2, -0.15) is 0 Å². The fourth-order valence-corrected chi connectivity index (χ4v) is 3.23. The zero-order valence-corrected chi connectivity index (χ0v) is 17.3. The first kappa shape index (κ1) is 19.8. The van der Waals surface area contributed by atoms with Crippen molar-refractivity contribution in [3.63, 3.8) is 0 Å². The topological polar surface area (TPSA) is 86.4 Å². The van der Waals surface area contributed by atoms with Gasteiger partial charge in [-0.25, -0.2) is 4.79 Å². The van der Waals surface area contributed by atoms with Gasteiger partial charge in [-0.1, -0.05) is 40.1 Å². The number of ether oxygens (including phenoxy) is 2. The first-order chi connectivity index (χ1) is 14.5. The van der Waals surface area contributed by atoms with Crippen LogP contribution in [-0.2, 0) is 4.84 Å². The van der Waals surface area contributed by atoms with Crippen molar-refractivity contribution in [3.05, 3.63) is 64.4 Å². The predicted molar refractivity (Wildman–Crippen MR) is 110 cm³/mol. The lowest BCUT2D eigenvalue weighted by atomic mass is 10.1. The second kappa shape index (κ2) is 8.08. The Bertz CT molecular complexity index is 1140. The highest BCUT2D eigenvalue weighted by atomic mass is 35.5. The van der Waals surface area contributed by atoms with Crippen molar-refractivity contribution in [3.8, 4) is 22.8 Å². The Balaban J connectivity index is 1.64. The number of carbonyl (C=O) groups is 1. The van der Waals surface area contributed by atoms with Gasteiger partial charge in [0.25, 0.3) is 0 Å². The number of hydrogen-bond donors (Lipinski definition) is 0. The average molecular weight is 428 g/mol. The maximum Gasteiger partial charge on any atom is 0.371 e. The van der Waals surface area contributed by atoms with Gasteiger partial charge in [0.15, 0.2) is 17.3 Å². The molecule has 1 aliphatic heterocycles. The zero-order chi connectivity index (χ0) is 21.3. The van der Waals surface area contributed by atoms with Crippen molar-refractivity contribution in [2.75, 3.05) is 20.9 Å². The lowest BCUT2D eigenvalue weighted by Crippen LogP contribution is -2.24. The number of carbonyl (C=O) groups excluding carboxylic acids is 1. The molecule has 0 saturated carbocycles. The summed E-state index contributed by atoms with van der Waals surface area (Å²) in [4.78, 5) is 19.8. The summed E-state index contributed by atoms with van der Waals surface area (Å²) >= 11 is 6.25. The number of fused-ring (bicyclic) bond motifs is 1. The number of nitrogens with zero attached hydrogens (tertiary/aromatic N) is 3. The minimum Gasteiger partial charge on any atom is -0.454 e. The van der Waals surface area contributed by atoms with Gasteiger partial charge in [0.1, 0.15) is 17.0 Å². The minimum absolute atomic E-state index is 0.163. The van der Waals surface area contributed by atoms with Crippen molar-refractivity contribution in [1.29, 1.82) is 0 Å². The molecular weight excluding hydrogens is 410 g/mol. The summed E-state index contributed by atoms with van der Waals surface area (Å²) in [6.45, 7) is 1.79. The minimum atomic E-state index is -0.705. The number of amidine groups is 1. The number of rotatable bonds is 4. The van der Waals surface area contributed by atoms with E-state index in [4.69, 9.17) is 30.4 Å². The van der Waals surface area contributed by atoms with Crippen LogP contribution in [0, 0.1) is 6.92 Å². The van der Waals surface area contributed by atoms with Crippen molar-refractivity contribution >= 4 is 23.4 Å². The molecule has 0 fully saturated rings.